The van der Waals surface area contributed by atoms with Crippen molar-refractivity contribution in [3.05, 3.63) is 46.2 Å². The van der Waals surface area contributed by atoms with Gasteiger partial charge in [0.1, 0.15) is 5.69 Å². The van der Waals surface area contributed by atoms with Gasteiger partial charge in [-0.3, -0.25) is 0 Å². The number of hydrogen-bond acceptors (Lipinski definition) is 3. The smallest absolute Gasteiger partial charge is 0.323 e. The summed E-state index contributed by atoms with van der Waals surface area (Å²) in [4.78, 5) is 7.06. The van der Waals surface area contributed by atoms with Crippen molar-refractivity contribution in [1.82, 2.24) is 9.97 Å². The summed E-state index contributed by atoms with van der Waals surface area (Å²) in [6.45, 7) is 0. The summed E-state index contributed by atoms with van der Waals surface area (Å²) in [6, 6.07) is 5.32. The molecule has 100 valence electrons. The SMILES string of the molecule is FC(F)(F)c1ccnc(Nc2cc(Cl)ccc2Cl)n1. The Morgan fingerprint density at radius 3 is 2.53 bits per heavy atom. The molecule has 1 heterocycles. The molecule has 0 aliphatic rings. The topological polar surface area (TPSA) is 37.8 Å². The summed E-state index contributed by atoms with van der Waals surface area (Å²) in [5, 5.41) is 3.27. The molecule has 0 atom stereocenters. The van der Waals surface area contributed by atoms with Gasteiger partial charge in [0.25, 0.3) is 0 Å². The third-order valence-electron chi connectivity index (χ3n) is 2.12. The first-order valence-electron chi connectivity index (χ1n) is 4.98. The molecule has 1 aromatic heterocycles. The van der Waals surface area contributed by atoms with Crippen LogP contribution >= 0.6 is 23.2 Å². The number of rotatable bonds is 2. The predicted octanol–water partition coefficient (Wildman–Crippen LogP) is 4.55. The molecule has 3 nitrogen and oxygen atoms in total. The standard InChI is InChI=1S/C11H6Cl2F3N3/c12-6-1-2-7(13)8(5-6)18-10-17-4-3-9(19-10)11(14,15)16/h1-5H,(H,17,18,19). The highest BCUT2D eigenvalue weighted by Crippen LogP contribution is 2.30. The van der Waals surface area contributed by atoms with Gasteiger partial charge in [0.2, 0.25) is 5.95 Å². The van der Waals surface area contributed by atoms with E-state index in [0.29, 0.717) is 15.7 Å². The largest absolute Gasteiger partial charge is 0.433 e. The minimum absolute atomic E-state index is 0.209. The van der Waals surface area contributed by atoms with E-state index in [1.807, 2.05) is 0 Å². The zero-order valence-corrected chi connectivity index (χ0v) is 10.7. The van der Waals surface area contributed by atoms with Gasteiger partial charge in [0.05, 0.1) is 10.7 Å². The van der Waals surface area contributed by atoms with Crippen molar-refractivity contribution in [2.75, 3.05) is 5.32 Å². The second-order valence-electron chi connectivity index (χ2n) is 3.51. The van der Waals surface area contributed by atoms with E-state index in [-0.39, 0.29) is 5.95 Å². The summed E-state index contributed by atoms with van der Waals surface area (Å²) in [7, 11) is 0. The number of aromatic nitrogens is 2. The minimum atomic E-state index is -4.53. The molecule has 19 heavy (non-hydrogen) atoms. The molecule has 0 saturated heterocycles. The van der Waals surface area contributed by atoms with Crippen molar-refractivity contribution >= 4 is 34.8 Å². The van der Waals surface area contributed by atoms with Crippen LogP contribution < -0.4 is 5.32 Å². The van der Waals surface area contributed by atoms with Gasteiger partial charge in [-0.05, 0) is 24.3 Å². The molecule has 0 aliphatic heterocycles. The van der Waals surface area contributed by atoms with Gasteiger partial charge in [0, 0.05) is 11.2 Å². The molecule has 0 amide bonds. The average Bonchev–Trinajstić information content (AvgIpc) is 2.33. The van der Waals surface area contributed by atoms with Crippen molar-refractivity contribution in [3.8, 4) is 0 Å². The number of nitrogens with one attached hydrogen (secondary N) is 1. The van der Waals surface area contributed by atoms with E-state index < -0.39 is 11.9 Å². The Kier molecular flexibility index (Phi) is 3.82. The van der Waals surface area contributed by atoms with Crippen LogP contribution in [-0.2, 0) is 6.18 Å². The molecule has 0 spiro atoms. The highest BCUT2D eigenvalue weighted by atomic mass is 35.5. The number of anilines is 2. The van der Waals surface area contributed by atoms with Crippen LogP contribution in [0.4, 0.5) is 24.8 Å². The maximum atomic E-state index is 12.5. The quantitative estimate of drug-likeness (QED) is 0.884. The number of hydrogen-bond donors (Lipinski definition) is 1. The van der Waals surface area contributed by atoms with Crippen LogP contribution in [0.5, 0.6) is 0 Å². The fourth-order valence-electron chi connectivity index (χ4n) is 1.29. The molecule has 0 bridgehead atoms. The molecule has 2 aromatic rings. The Balaban J connectivity index is 2.31. The fourth-order valence-corrected chi connectivity index (χ4v) is 1.63. The van der Waals surface area contributed by atoms with Crippen LogP contribution in [0.1, 0.15) is 5.69 Å². The maximum Gasteiger partial charge on any atom is 0.433 e. The maximum absolute atomic E-state index is 12.5. The molecular formula is C11H6Cl2F3N3. The number of alkyl halides is 3. The van der Waals surface area contributed by atoms with E-state index in [2.05, 4.69) is 15.3 Å². The second-order valence-corrected chi connectivity index (χ2v) is 4.36. The Morgan fingerprint density at radius 2 is 1.84 bits per heavy atom. The molecule has 0 radical (unpaired) electrons. The lowest BCUT2D eigenvalue weighted by molar-refractivity contribution is -0.141. The van der Waals surface area contributed by atoms with Gasteiger partial charge in [-0.25, -0.2) is 9.97 Å². The summed E-state index contributed by atoms with van der Waals surface area (Å²) < 4.78 is 37.5. The summed E-state index contributed by atoms with van der Waals surface area (Å²) in [5.41, 5.74) is -0.711. The highest BCUT2D eigenvalue weighted by Gasteiger charge is 2.32. The second kappa shape index (κ2) is 5.22. The van der Waals surface area contributed by atoms with Crippen molar-refractivity contribution in [2.24, 2.45) is 0 Å². The third kappa shape index (κ3) is 3.48. The van der Waals surface area contributed by atoms with Crippen LogP contribution in [0.15, 0.2) is 30.5 Å². The molecule has 1 aromatic carbocycles. The van der Waals surface area contributed by atoms with E-state index in [1.54, 1.807) is 6.07 Å². The molecule has 0 saturated carbocycles. The van der Waals surface area contributed by atoms with Gasteiger partial charge in [-0.2, -0.15) is 13.2 Å². The molecule has 8 heteroatoms. The Hall–Kier alpha value is -1.53. The highest BCUT2D eigenvalue weighted by molar-refractivity contribution is 6.35. The van der Waals surface area contributed by atoms with Gasteiger partial charge in [-0.1, -0.05) is 23.2 Å². The normalized spacial score (nSPS) is 11.4. The number of halogens is 5. The minimum Gasteiger partial charge on any atom is -0.323 e. The number of nitrogens with zero attached hydrogens (tertiary/aromatic N) is 2. The van der Waals surface area contributed by atoms with Crippen LogP contribution in [0.3, 0.4) is 0 Å². The third-order valence-corrected chi connectivity index (χ3v) is 2.69. The Bertz CT molecular complexity index is 602. The molecule has 0 unspecified atom stereocenters. The van der Waals surface area contributed by atoms with E-state index >= 15 is 0 Å². The van der Waals surface area contributed by atoms with Gasteiger partial charge in [-0.15, -0.1) is 0 Å². The van der Waals surface area contributed by atoms with E-state index in [0.717, 1.165) is 12.3 Å². The molecule has 0 fully saturated rings. The van der Waals surface area contributed by atoms with Crippen molar-refractivity contribution in [2.45, 2.75) is 6.18 Å². The monoisotopic (exact) mass is 307 g/mol. The Morgan fingerprint density at radius 1 is 1.11 bits per heavy atom. The average molecular weight is 308 g/mol. The lowest BCUT2D eigenvalue weighted by Crippen LogP contribution is -2.10. The zero-order valence-electron chi connectivity index (χ0n) is 9.17. The van der Waals surface area contributed by atoms with Crippen molar-refractivity contribution in [1.29, 1.82) is 0 Å². The lowest BCUT2D eigenvalue weighted by atomic mass is 10.3. The predicted molar refractivity (Wildman–Crippen MR) is 66.8 cm³/mol. The summed E-state index contributed by atoms with van der Waals surface area (Å²) in [5.74, 6) is -0.209. The van der Waals surface area contributed by atoms with Crippen LogP contribution in [-0.4, -0.2) is 9.97 Å². The van der Waals surface area contributed by atoms with Crippen molar-refractivity contribution < 1.29 is 13.2 Å². The first-order chi connectivity index (χ1) is 8.86. The van der Waals surface area contributed by atoms with Crippen LogP contribution in [0.25, 0.3) is 0 Å². The molecular weight excluding hydrogens is 302 g/mol. The first-order valence-corrected chi connectivity index (χ1v) is 5.74. The zero-order chi connectivity index (χ0) is 14.0. The Labute approximate surface area is 116 Å². The van der Waals surface area contributed by atoms with E-state index in [1.165, 1.54) is 12.1 Å². The molecule has 2 rings (SSSR count). The van der Waals surface area contributed by atoms with Gasteiger partial charge >= 0.3 is 6.18 Å². The van der Waals surface area contributed by atoms with E-state index in [4.69, 9.17) is 23.2 Å². The van der Waals surface area contributed by atoms with Crippen LogP contribution in [0.2, 0.25) is 10.0 Å². The van der Waals surface area contributed by atoms with Gasteiger partial charge < -0.3 is 5.32 Å². The van der Waals surface area contributed by atoms with E-state index in [9.17, 15) is 13.2 Å². The number of benzene rings is 1. The fraction of sp³-hybridized carbons (Fsp3) is 0.0909. The lowest BCUT2D eigenvalue weighted by Gasteiger charge is -2.09. The van der Waals surface area contributed by atoms with Gasteiger partial charge in [0.15, 0.2) is 0 Å². The molecule has 1 N–H and O–H groups in total. The van der Waals surface area contributed by atoms with Crippen LogP contribution in [0, 0.1) is 0 Å². The molecule has 0 aliphatic carbocycles. The van der Waals surface area contributed by atoms with Crippen molar-refractivity contribution in [3.63, 3.8) is 0 Å². The summed E-state index contributed by atoms with van der Waals surface area (Å²) >= 11 is 11.6. The summed E-state index contributed by atoms with van der Waals surface area (Å²) in [6.07, 6.45) is -3.52. The first kappa shape index (κ1) is 13.9.